The van der Waals surface area contributed by atoms with Gasteiger partial charge in [0.05, 0.1) is 18.7 Å². The number of rotatable bonds is 4. The summed E-state index contributed by atoms with van der Waals surface area (Å²) in [5.41, 5.74) is 4.12. The molecule has 1 aromatic rings. The number of carbonyl (C=O) groups is 2. The first-order chi connectivity index (χ1) is 16.9. The van der Waals surface area contributed by atoms with Crippen molar-refractivity contribution in [3.8, 4) is 0 Å². The molecule has 0 aromatic carbocycles. The van der Waals surface area contributed by atoms with E-state index < -0.39 is 12.1 Å². The van der Waals surface area contributed by atoms with Gasteiger partial charge in [-0.05, 0) is 76.2 Å². The van der Waals surface area contributed by atoms with E-state index in [-0.39, 0.29) is 30.0 Å². The number of ether oxygens (including phenoxy) is 1. The number of methoxy groups -OCH3 is 1. The van der Waals surface area contributed by atoms with Gasteiger partial charge in [-0.25, -0.2) is 9.78 Å². The first-order valence-electron chi connectivity index (χ1n) is 13.5. The SMILES string of the molecule is COC(=O)N1C2=C(CC[C@@H]1C)c1nc(C(O)C3CCCCC3)n(C3CCCC(C(=O)O)C3)c1CC2. The standard InChI is InChI=1S/C27H39N3O5/c1-16-11-12-20-21(29(16)27(34)35-2)13-14-22-23(20)28-25(24(31)17-7-4-3-5-8-17)30(22)19-10-6-9-18(15-19)26(32)33/h16-19,24,31H,3-15H2,1-2H3,(H,32,33)/t16-,18?,19?,24?/m0/s1. The molecule has 8 heteroatoms. The number of amides is 1. The average Bonchev–Trinajstić information content (AvgIpc) is 3.28. The number of nitrogens with zero attached hydrogens (tertiary/aromatic N) is 3. The van der Waals surface area contributed by atoms with Crippen molar-refractivity contribution in [3.05, 3.63) is 22.9 Å². The van der Waals surface area contributed by atoms with Crippen molar-refractivity contribution in [2.24, 2.45) is 11.8 Å². The Bertz CT molecular complexity index is 1010. The van der Waals surface area contributed by atoms with E-state index in [1.807, 2.05) is 0 Å². The number of aromatic nitrogens is 2. The molecule has 2 fully saturated rings. The van der Waals surface area contributed by atoms with Crippen molar-refractivity contribution in [3.63, 3.8) is 0 Å². The number of allylic oxidation sites excluding steroid dienone is 2. The highest BCUT2D eigenvalue weighted by molar-refractivity contribution is 5.79. The van der Waals surface area contributed by atoms with Gasteiger partial charge in [0.25, 0.3) is 0 Å². The summed E-state index contributed by atoms with van der Waals surface area (Å²) in [6.45, 7) is 2.06. The zero-order chi connectivity index (χ0) is 24.7. The molecule has 2 saturated carbocycles. The molecule has 35 heavy (non-hydrogen) atoms. The number of carboxylic acids is 1. The summed E-state index contributed by atoms with van der Waals surface area (Å²) in [6, 6.07) is 0.113. The predicted octanol–water partition coefficient (Wildman–Crippen LogP) is 5.22. The molecule has 3 unspecified atom stereocenters. The normalized spacial score (nSPS) is 28.3. The second-order valence-corrected chi connectivity index (χ2v) is 11.0. The third-order valence-electron chi connectivity index (χ3n) is 8.91. The molecule has 0 saturated heterocycles. The Morgan fingerprint density at radius 3 is 2.51 bits per heavy atom. The van der Waals surface area contributed by atoms with Crippen LogP contribution in [0, 0.1) is 11.8 Å². The van der Waals surface area contributed by atoms with Gasteiger partial charge in [-0.15, -0.1) is 0 Å². The molecule has 1 amide bonds. The maximum atomic E-state index is 12.6. The summed E-state index contributed by atoms with van der Waals surface area (Å²) in [4.78, 5) is 31.4. The lowest BCUT2D eigenvalue weighted by Gasteiger charge is -2.38. The van der Waals surface area contributed by atoms with E-state index in [2.05, 4.69) is 11.5 Å². The van der Waals surface area contributed by atoms with Gasteiger partial charge in [0.15, 0.2) is 0 Å². The van der Waals surface area contributed by atoms with Gasteiger partial charge in [0.2, 0.25) is 0 Å². The summed E-state index contributed by atoms with van der Waals surface area (Å²) in [6.07, 6.45) is 10.7. The van der Waals surface area contributed by atoms with Crippen LogP contribution in [0.25, 0.3) is 5.57 Å². The monoisotopic (exact) mass is 485 g/mol. The lowest BCUT2D eigenvalue weighted by Crippen LogP contribution is -2.42. The minimum atomic E-state index is -0.724. The van der Waals surface area contributed by atoms with Crippen LogP contribution in [0.5, 0.6) is 0 Å². The third kappa shape index (κ3) is 4.39. The van der Waals surface area contributed by atoms with Crippen LogP contribution in [-0.2, 0) is 16.0 Å². The highest BCUT2D eigenvalue weighted by Crippen LogP contribution is 2.46. The molecule has 2 heterocycles. The molecule has 4 atom stereocenters. The van der Waals surface area contributed by atoms with E-state index in [1.54, 1.807) is 4.90 Å². The molecule has 0 bridgehead atoms. The smallest absolute Gasteiger partial charge is 0.413 e. The van der Waals surface area contributed by atoms with Crippen LogP contribution in [0.3, 0.4) is 0 Å². The maximum absolute atomic E-state index is 12.6. The summed E-state index contributed by atoms with van der Waals surface area (Å²) in [7, 11) is 1.42. The molecule has 0 radical (unpaired) electrons. The Kier molecular flexibility index (Phi) is 6.93. The van der Waals surface area contributed by atoms with Crippen LogP contribution in [0.15, 0.2) is 5.70 Å². The van der Waals surface area contributed by atoms with Crippen molar-refractivity contribution < 1.29 is 24.5 Å². The largest absolute Gasteiger partial charge is 0.481 e. The zero-order valence-electron chi connectivity index (χ0n) is 21.0. The van der Waals surface area contributed by atoms with Crippen molar-refractivity contribution in [1.29, 1.82) is 0 Å². The molecule has 3 aliphatic carbocycles. The van der Waals surface area contributed by atoms with Gasteiger partial charge in [0.1, 0.15) is 11.9 Å². The molecule has 5 rings (SSSR count). The zero-order valence-corrected chi connectivity index (χ0v) is 21.0. The van der Waals surface area contributed by atoms with Crippen LogP contribution < -0.4 is 0 Å². The Balaban J connectivity index is 1.59. The molecule has 1 aromatic heterocycles. The van der Waals surface area contributed by atoms with Gasteiger partial charge in [-0.3, -0.25) is 9.69 Å². The van der Waals surface area contributed by atoms with Crippen molar-refractivity contribution >= 4 is 17.6 Å². The first-order valence-corrected chi connectivity index (χ1v) is 13.5. The molecule has 192 valence electrons. The molecule has 1 aliphatic heterocycles. The number of aliphatic carboxylic acids is 1. The second-order valence-electron chi connectivity index (χ2n) is 11.0. The third-order valence-corrected chi connectivity index (χ3v) is 8.91. The number of imidazole rings is 1. The molecular formula is C27H39N3O5. The Labute approximate surface area is 207 Å². The fourth-order valence-electron chi connectivity index (χ4n) is 7.06. The number of hydrogen-bond acceptors (Lipinski definition) is 5. The summed E-state index contributed by atoms with van der Waals surface area (Å²) in [5, 5.41) is 21.3. The number of aliphatic hydroxyl groups excluding tert-OH is 1. The minimum absolute atomic E-state index is 0.0377. The Morgan fingerprint density at radius 2 is 1.80 bits per heavy atom. The van der Waals surface area contributed by atoms with Crippen LogP contribution in [0.1, 0.15) is 113 Å². The summed E-state index contributed by atoms with van der Waals surface area (Å²) >= 11 is 0. The summed E-state index contributed by atoms with van der Waals surface area (Å²) in [5.74, 6) is -0.167. The lowest BCUT2D eigenvalue weighted by molar-refractivity contribution is -0.143. The van der Waals surface area contributed by atoms with Gasteiger partial charge in [-0.2, -0.15) is 0 Å². The first kappa shape index (κ1) is 24.3. The van der Waals surface area contributed by atoms with Crippen molar-refractivity contribution in [2.75, 3.05) is 7.11 Å². The fourth-order valence-corrected chi connectivity index (χ4v) is 7.06. The average molecular weight is 486 g/mol. The van der Waals surface area contributed by atoms with Crippen LogP contribution >= 0.6 is 0 Å². The number of carboxylic acid groups (broad SMARTS) is 1. The number of aliphatic hydroxyl groups is 1. The highest BCUT2D eigenvalue weighted by atomic mass is 16.5. The minimum Gasteiger partial charge on any atom is -0.481 e. The van der Waals surface area contributed by atoms with Crippen LogP contribution in [-0.4, -0.2) is 49.9 Å². The van der Waals surface area contributed by atoms with Crippen molar-refractivity contribution in [1.82, 2.24) is 14.5 Å². The molecule has 2 N–H and O–H groups in total. The second kappa shape index (κ2) is 9.96. The number of fused-ring (bicyclic) bond motifs is 2. The molecule has 0 spiro atoms. The van der Waals surface area contributed by atoms with Gasteiger partial charge < -0.3 is 19.5 Å². The lowest BCUT2D eigenvalue weighted by atomic mass is 9.83. The Morgan fingerprint density at radius 1 is 1.03 bits per heavy atom. The van der Waals surface area contributed by atoms with Gasteiger partial charge in [0, 0.05) is 23.5 Å². The Hall–Kier alpha value is -2.35. The quantitative estimate of drug-likeness (QED) is 0.606. The van der Waals surface area contributed by atoms with E-state index in [0.717, 1.165) is 92.7 Å². The van der Waals surface area contributed by atoms with Crippen LogP contribution in [0.4, 0.5) is 4.79 Å². The number of hydrogen-bond donors (Lipinski definition) is 2. The van der Waals surface area contributed by atoms with E-state index in [9.17, 15) is 19.8 Å². The molecular weight excluding hydrogens is 446 g/mol. The predicted molar refractivity (Wildman–Crippen MR) is 131 cm³/mol. The fraction of sp³-hybridized carbons (Fsp3) is 0.741. The van der Waals surface area contributed by atoms with E-state index in [1.165, 1.54) is 13.5 Å². The molecule has 8 nitrogen and oxygen atoms in total. The van der Waals surface area contributed by atoms with Crippen LogP contribution in [0.2, 0.25) is 0 Å². The topological polar surface area (TPSA) is 105 Å². The van der Waals surface area contributed by atoms with Gasteiger partial charge in [-0.1, -0.05) is 25.7 Å². The maximum Gasteiger partial charge on any atom is 0.413 e. The number of carbonyl (C=O) groups excluding carboxylic acids is 1. The summed E-state index contributed by atoms with van der Waals surface area (Å²) < 4.78 is 7.35. The molecule has 4 aliphatic rings. The van der Waals surface area contributed by atoms with E-state index in [0.29, 0.717) is 12.8 Å². The van der Waals surface area contributed by atoms with E-state index in [4.69, 9.17) is 9.72 Å². The van der Waals surface area contributed by atoms with Gasteiger partial charge >= 0.3 is 12.1 Å². The van der Waals surface area contributed by atoms with Crippen molar-refractivity contribution in [2.45, 2.75) is 109 Å². The highest BCUT2D eigenvalue weighted by Gasteiger charge is 2.40. The van der Waals surface area contributed by atoms with E-state index >= 15 is 0 Å².